The molecule has 2 aromatic heterocycles. The van der Waals surface area contributed by atoms with Crippen LogP contribution in [0.15, 0.2) is 35.6 Å². The van der Waals surface area contributed by atoms with E-state index in [0.717, 1.165) is 39.4 Å². The second-order valence-electron chi connectivity index (χ2n) is 6.01. The summed E-state index contributed by atoms with van der Waals surface area (Å²) in [4.78, 5) is 0. The first kappa shape index (κ1) is 20.7. The first-order valence-electron chi connectivity index (χ1n) is 9.16. The quantitative estimate of drug-likeness (QED) is 0.458. The molecule has 1 aromatic carbocycles. The van der Waals surface area contributed by atoms with Crippen molar-refractivity contribution in [2.45, 2.75) is 37.8 Å². The summed E-state index contributed by atoms with van der Waals surface area (Å²) in [6.45, 7) is 6.46. The molecule has 28 heavy (non-hydrogen) atoms. The Morgan fingerprint density at radius 3 is 2.79 bits per heavy atom. The molecule has 0 spiro atoms. The van der Waals surface area contributed by atoms with E-state index in [0.29, 0.717) is 25.6 Å². The third-order valence-corrected chi connectivity index (χ3v) is 5.34. The number of hydrogen-bond donors (Lipinski definition) is 0. The number of halogens is 1. The highest BCUT2D eigenvalue weighted by Crippen LogP contribution is 2.31. The van der Waals surface area contributed by atoms with Crippen LogP contribution in [0.1, 0.15) is 19.4 Å². The highest BCUT2D eigenvalue weighted by Gasteiger charge is 2.21. The summed E-state index contributed by atoms with van der Waals surface area (Å²) in [5, 5.41) is 14.9. The van der Waals surface area contributed by atoms with Crippen molar-refractivity contribution in [3.05, 3.63) is 41.0 Å². The highest BCUT2D eigenvalue weighted by atomic mass is 35.5. The molecule has 7 nitrogen and oxygen atoms in total. The summed E-state index contributed by atoms with van der Waals surface area (Å²) in [6, 6.07) is 7.83. The molecule has 0 aliphatic carbocycles. The van der Waals surface area contributed by atoms with Crippen LogP contribution in [0.25, 0.3) is 11.4 Å². The Kier molecular flexibility index (Phi) is 7.36. The minimum absolute atomic E-state index is 0.538. The van der Waals surface area contributed by atoms with Crippen LogP contribution in [0.3, 0.4) is 0 Å². The molecular weight excluding hydrogens is 398 g/mol. The van der Waals surface area contributed by atoms with Crippen LogP contribution in [-0.4, -0.2) is 44.9 Å². The summed E-state index contributed by atoms with van der Waals surface area (Å²) in [5.41, 5.74) is 1.97. The van der Waals surface area contributed by atoms with E-state index in [2.05, 4.69) is 19.9 Å². The van der Waals surface area contributed by atoms with Gasteiger partial charge in [0.15, 0.2) is 11.0 Å². The van der Waals surface area contributed by atoms with Crippen LogP contribution in [-0.2, 0) is 23.6 Å². The standard InChI is InChI=1S/C19H24ClN5O2S/c1-4-24-12-16(18(23-24)27-5-2)17-21-22-19(25(17)9-10-26-3)28-13-14-7-6-8-15(20)11-14/h6-8,11-12H,4-5,9-10,13H2,1-3H3. The summed E-state index contributed by atoms with van der Waals surface area (Å²) >= 11 is 7.71. The lowest BCUT2D eigenvalue weighted by Crippen LogP contribution is -2.08. The molecule has 0 atom stereocenters. The number of hydrogen-bond acceptors (Lipinski definition) is 6. The fourth-order valence-corrected chi connectivity index (χ4v) is 3.84. The van der Waals surface area contributed by atoms with Gasteiger partial charge >= 0.3 is 0 Å². The van der Waals surface area contributed by atoms with Gasteiger partial charge in [-0.25, -0.2) is 0 Å². The van der Waals surface area contributed by atoms with E-state index in [1.807, 2.05) is 49.0 Å². The third kappa shape index (κ3) is 4.87. The molecule has 2 heterocycles. The fraction of sp³-hybridized carbons (Fsp3) is 0.421. The van der Waals surface area contributed by atoms with Gasteiger partial charge in [0.2, 0.25) is 5.88 Å². The van der Waals surface area contributed by atoms with Crippen molar-refractivity contribution < 1.29 is 9.47 Å². The molecule has 3 aromatic rings. The maximum Gasteiger partial charge on any atom is 0.243 e. The Hall–Kier alpha value is -2.03. The van der Waals surface area contributed by atoms with Gasteiger partial charge in [-0.1, -0.05) is 35.5 Å². The van der Waals surface area contributed by atoms with Crippen LogP contribution in [0, 0.1) is 0 Å². The molecule has 0 saturated heterocycles. The zero-order chi connectivity index (χ0) is 19.9. The molecule has 0 bridgehead atoms. The van der Waals surface area contributed by atoms with Crippen molar-refractivity contribution in [2.24, 2.45) is 0 Å². The number of nitrogens with zero attached hydrogens (tertiary/aromatic N) is 5. The monoisotopic (exact) mass is 421 g/mol. The summed E-state index contributed by atoms with van der Waals surface area (Å²) < 4.78 is 14.9. The number of thioether (sulfide) groups is 1. The fourth-order valence-electron chi connectivity index (χ4n) is 2.72. The third-order valence-electron chi connectivity index (χ3n) is 4.07. The lowest BCUT2D eigenvalue weighted by molar-refractivity contribution is 0.185. The number of methoxy groups -OCH3 is 1. The summed E-state index contributed by atoms with van der Waals surface area (Å²) in [5.74, 6) is 2.05. The number of ether oxygens (including phenoxy) is 2. The second-order valence-corrected chi connectivity index (χ2v) is 7.38. The molecule has 9 heteroatoms. The number of aromatic nitrogens is 5. The van der Waals surface area contributed by atoms with E-state index >= 15 is 0 Å². The molecule has 0 amide bonds. The lowest BCUT2D eigenvalue weighted by atomic mass is 10.2. The number of benzene rings is 1. The predicted molar refractivity (Wildman–Crippen MR) is 111 cm³/mol. The molecule has 0 aliphatic rings. The molecule has 0 fully saturated rings. The van der Waals surface area contributed by atoms with Crippen molar-refractivity contribution in [3.63, 3.8) is 0 Å². The molecule has 0 radical (unpaired) electrons. The van der Waals surface area contributed by atoms with Crippen LogP contribution in [0.2, 0.25) is 5.02 Å². The van der Waals surface area contributed by atoms with Crippen LogP contribution in [0.4, 0.5) is 0 Å². The maximum atomic E-state index is 6.09. The van der Waals surface area contributed by atoms with Gasteiger partial charge in [0.05, 0.1) is 19.8 Å². The zero-order valence-electron chi connectivity index (χ0n) is 16.3. The minimum Gasteiger partial charge on any atom is -0.476 e. The Balaban J connectivity index is 1.91. The largest absolute Gasteiger partial charge is 0.476 e. The van der Waals surface area contributed by atoms with E-state index in [9.17, 15) is 0 Å². The van der Waals surface area contributed by atoms with Crippen LogP contribution >= 0.6 is 23.4 Å². The highest BCUT2D eigenvalue weighted by molar-refractivity contribution is 7.98. The van der Waals surface area contributed by atoms with Crippen molar-refractivity contribution in [3.8, 4) is 17.3 Å². The first-order chi connectivity index (χ1) is 13.7. The normalized spacial score (nSPS) is 11.1. The van der Waals surface area contributed by atoms with Gasteiger partial charge in [0.25, 0.3) is 0 Å². The van der Waals surface area contributed by atoms with E-state index < -0.39 is 0 Å². The van der Waals surface area contributed by atoms with Gasteiger partial charge in [-0.15, -0.1) is 15.3 Å². The Bertz CT molecular complexity index is 912. The smallest absolute Gasteiger partial charge is 0.243 e. The lowest BCUT2D eigenvalue weighted by Gasteiger charge is -2.10. The molecular formula is C19H24ClN5O2S. The van der Waals surface area contributed by atoms with Gasteiger partial charge < -0.3 is 9.47 Å². The minimum atomic E-state index is 0.538. The van der Waals surface area contributed by atoms with Gasteiger partial charge in [0, 0.05) is 30.6 Å². The summed E-state index contributed by atoms with van der Waals surface area (Å²) in [7, 11) is 1.68. The maximum absolute atomic E-state index is 6.09. The first-order valence-corrected chi connectivity index (χ1v) is 10.5. The number of rotatable bonds is 10. The van der Waals surface area contributed by atoms with Crippen molar-refractivity contribution in [1.29, 1.82) is 0 Å². The van der Waals surface area contributed by atoms with Crippen molar-refractivity contribution >= 4 is 23.4 Å². The van der Waals surface area contributed by atoms with Gasteiger partial charge in [-0.3, -0.25) is 9.25 Å². The molecule has 3 rings (SSSR count). The van der Waals surface area contributed by atoms with E-state index in [1.54, 1.807) is 18.9 Å². The van der Waals surface area contributed by atoms with E-state index in [-0.39, 0.29) is 0 Å². The Morgan fingerprint density at radius 1 is 1.21 bits per heavy atom. The topological polar surface area (TPSA) is 67.0 Å². The van der Waals surface area contributed by atoms with E-state index in [1.165, 1.54) is 0 Å². The zero-order valence-corrected chi connectivity index (χ0v) is 17.8. The van der Waals surface area contributed by atoms with Crippen LogP contribution < -0.4 is 4.74 Å². The van der Waals surface area contributed by atoms with Gasteiger partial charge in [0.1, 0.15) is 5.56 Å². The molecule has 0 unspecified atom stereocenters. The SMILES string of the molecule is CCOc1nn(CC)cc1-c1nnc(SCc2cccc(Cl)c2)n1CCOC. The van der Waals surface area contributed by atoms with E-state index in [4.69, 9.17) is 21.1 Å². The van der Waals surface area contributed by atoms with Gasteiger partial charge in [-0.05, 0) is 31.5 Å². The molecule has 0 N–H and O–H groups in total. The second kappa shape index (κ2) is 9.95. The molecule has 0 aliphatic heterocycles. The van der Waals surface area contributed by atoms with Crippen LogP contribution in [0.5, 0.6) is 5.88 Å². The molecule has 150 valence electrons. The van der Waals surface area contributed by atoms with Crippen molar-refractivity contribution in [2.75, 3.05) is 20.3 Å². The van der Waals surface area contributed by atoms with Crippen molar-refractivity contribution in [1.82, 2.24) is 24.5 Å². The summed E-state index contributed by atoms with van der Waals surface area (Å²) in [6.07, 6.45) is 1.95. The predicted octanol–water partition coefficient (Wildman–Crippen LogP) is 4.15. The Labute approximate surface area is 174 Å². The van der Waals surface area contributed by atoms with Gasteiger partial charge in [-0.2, -0.15) is 0 Å². The number of aryl methyl sites for hydroxylation is 1. The average Bonchev–Trinajstić information content (AvgIpc) is 3.28. The molecule has 0 saturated carbocycles. The Morgan fingerprint density at radius 2 is 2.07 bits per heavy atom. The average molecular weight is 422 g/mol.